The number of carbonyl (C=O) groups excluding carboxylic acids is 1. The lowest BCUT2D eigenvalue weighted by Crippen LogP contribution is -2.12. The largest absolute Gasteiger partial charge is 0.503 e. The molecule has 0 aliphatic carbocycles. The highest BCUT2D eigenvalue weighted by molar-refractivity contribution is 6.32. The van der Waals surface area contributed by atoms with Crippen molar-refractivity contribution in [1.29, 1.82) is 0 Å². The minimum atomic E-state index is -0.325. The van der Waals surface area contributed by atoms with Gasteiger partial charge in [-0.15, -0.1) is 0 Å². The predicted molar refractivity (Wildman–Crippen MR) is 78.8 cm³/mol. The van der Waals surface area contributed by atoms with Crippen LogP contribution in [0, 0.1) is 6.92 Å². The summed E-state index contributed by atoms with van der Waals surface area (Å²) in [4.78, 5) is 12.1. The van der Waals surface area contributed by atoms with Crippen molar-refractivity contribution < 1.29 is 14.6 Å². The van der Waals surface area contributed by atoms with Crippen molar-refractivity contribution in [3.63, 3.8) is 0 Å². The topological polar surface area (TPSA) is 58.6 Å². The third-order valence-electron chi connectivity index (χ3n) is 2.82. The minimum absolute atomic E-state index is 0.0680. The molecule has 0 saturated carbocycles. The molecule has 0 atom stereocenters. The van der Waals surface area contributed by atoms with Crippen LogP contribution in [0.3, 0.4) is 0 Å². The van der Waals surface area contributed by atoms with Gasteiger partial charge in [0.15, 0.2) is 11.5 Å². The number of amides is 1. The third kappa shape index (κ3) is 3.03. The van der Waals surface area contributed by atoms with Crippen LogP contribution in [0.4, 0.5) is 5.69 Å². The van der Waals surface area contributed by atoms with Crippen LogP contribution in [0.15, 0.2) is 36.4 Å². The molecule has 2 aromatic rings. The summed E-state index contributed by atoms with van der Waals surface area (Å²) < 4.78 is 4.97. The van der Waals surface area contributed by atoms with E-state index in [1.54, 1.807) is 0 Å². The molecule has 0 aliphatic heterocycles. The fraction of sp³-hybridized carbons (Fsp3) is 0.133. The Kier molecular flexibility index (Phi) is 4.15. The maximum atomic E-state index is 12.1. The van der Waals surface area contributed by atoms with E-state index in [1.165, 1.54) is 19.2 Å². The number of phenolic OH excluding ortho intramolecular Hbond substituents is 1. The lowest BCUT2D eigenvalue weighted by Gasteiger charge is -2.09. The fourth-order valence-corrected chi connectivity index (χ4v) is 1.91. The number of nitrogens with one attached hydrogen (secondary N) is 1. The number of aromatic hydroxyl groups is 1. The Hall–Kier alpha value is -2.20. The summed E-state index contributed by atoms with van der Waals surface area (Å²) in [5.41, 5.74) is 2.10. The lowest BCUT2D eigenvalue weighted by atomic mass is 10.1. The zero-order valence-electron chi connectivity index (χ0n) is 11.1. The zero-order chi connectivity index (χ0) is 14.7. The second-order valence-electron chi connectivity index (χ2n) is 4.33. The average Bonchev–Trinajstić information content (AvgIpc) is 2.44. The number of phenols is 1. The Balaban J connectivity index is 2.25. The highest BCUT2D eigenvalue weighted by Crippen LogP contribution is 2.35. The first kappa shape index (κ1) is 14.2. The van der Waals surface area contributed by atoms with E-state index in [9.17, 15) is 9.90 Å². The summed E-state index contributed by atoms with van der Waals surface area (Å²) in [7, 11) is 1.40. The first-order valence-corrected chi connectivity index (χ1v) is 6.33. The molecule has 0 saturated heterocycles. The summed E-state index contributed by atoms with van der Waals surface area (Å²) in [6, 6.07) is 10.3. The van der Waals surface area contributed by atoms with E-state index in [1.807, 2.05) is 31.2 Å². The molecule has 0 aliphatic rings. The summed E-state index contributed by atoms with van der Waals surface area (Å²) >= 11 is 5.86. The van der Waals surface area contributed by atoms with Gasteiger partial charge in [-0.05, 0) is 31.2 Å². The van der Waals surface area contributed by atoms with Gasteiger partial charge in [0.1, 0.15) is 0 Å². The van der Waals surface area contributed by atoms with Gasteiger partial charge in [0, 0.05) is 11.3 Å². The van der Waals surface area contributed by atoms with Gasteiger partial charge in [-0.2, -0.15) is 0 Å². The van der Waals surface area contributed by atoms with Gasteiger partial charge in [-0.25, -0.2) is 0 Å². The number of hydrogen-bond acceptors (Lipinski definition) is 3. The van der Waals surface area contributed by atoms with Crippen molar-refractivity contribution in [3.8, 4) is 11.5 Å². The summed E-state index contributed by atoms with van der Waals surface area (Å²) in [5.74, 6) is -0.346. The SMILES string of the molecule is COc1cc(C(=O)Nc2ccc(C)cc2)cc(Cl)c1O. The van der Waals surface area contributed by atoms with Gasteiger partial charge in [0.25, 0.3) is 5.91 Å². The van der Waals surface area contributed by atoms with Crippen molar-refractivity contribution in [3.05, 3.63) is 52.5 Å². The Labute approximate surface area is 122 Å². The standard InChI is InChI=1S/C15H14ClNO3/c1-9-3-5-11(6-4-9)17-15(19)10-7-12(16)14(18)13(8-10)20-2/h3-8,18H,1-2H3,(H,17,19). The molecule has 2 rings (SSSR count). The number of hydrogen-bond donors (Lipinski definition) is 2. The fourth-order valence-electron chi connectivity index (χ4n) is 1.70. The van der Waals surface area contributed by atoms with Gasteiger partial charge in [-0.3, -0.25) is 4.79 Å². The van der Waals surface area contributed by atoms with E-state index in [-0.39, 0.29) is 22.4 Å². The molecule has 0 fully saturated rings. The molecule has 2 N–H and O–H groups in total. The predicted octanol–water partition coefficient (Wildman–Crippen LogP) is 3.61. The number of carbonyl (C=O) groups is 1. The van der Waals surface area contributed by atoms with Crippen molar-refractivity contribution >= 4 is 23.2 Å². The molecule has 0 spiro atoms. The van der Waals surface area contributed by atoms with Crippen LogP contribution >= 0.6 is 11.6 Å². The minimum Gasteiger partial charge on any atom is -0.503 e. The Morgan fingerprint density at radius 2 is 1.90 bits per heavy atom. The maximum Gasteiger partial charge on any atom is 0.255 e. The first-order chi connectivity index (χ1) is 9.51. The van der Waals surface area contributed by atoms with Gasteiger partial charge in [0.2, 0.25) is 0 Å². The number of halogens is 1. The molecule has 20 heavy (non-hydrogen) atoms. The summed E-state index contributed by atoms with van der Waals surface area (Å²) in [6.45, 7) is 1.97. The van der Waals surface area contributed by atoms with E-state index in [4.69, 9.17) is 16.3 Å². The monoisotopic (exact) mass is 291 g/mol. The molecule has 0 radical (unpaired) electrons. The van der Waals surface area contributed by atoms with Crippen LogP contribution in [0.25, 0.3) is 0 Å². The van der Waals surface area contributed by atoms with Crippen LogP contribution in [-0.4, -0.2) is 18.1 Å². The molecule has 0 unspecified atom stereocenters. The van der Waals surface area contributed by atoms with E-state index < -0.39 is 0 Å². The smallest absolute Gasteiger partial charge is 0.255 e. The molecule has 1 amide bonds. The van der Waals surface area contributed by atoms with E-state index in [0.29, 0.717) is 11.3 Å². The Morgan fingerprint density at radius 3 is 2.50 bits per heavy atom. The number of methoxy groups -OCH3 is 1. The van der Waals surface area contributed by atoms with Crippen LogP contribution in [0.2, 0.25) is 5.02 Å². The summed E-state index contributed by atoms with van der Waals surface area (Å²) in [6.07, 6.45) is 0. The second-order valence-corrected chi connectivity index (χ2v) is 4.74. The van der Waals surface area contributed by atoms with Crippen molar-refractivity contribution in [2.24, 2.45) is 0 Å². The number of benzene rings is 2. The van der Waals surface area contributed by atoms with Crippen LogP contribution < -0.4 is 10.1 Å². The van der Waals surface area contributed by atoms with Gasteiger partial charge < -0.3 is 15.2 Å². The van der Waals surface area contributed by atoms with Crippen LogP contribution in [-0.2, 0) is 0 Å². The third-order valence-corrected chi connectivity index (χ3v) is 3.11. The first-order valence-electron chi connectivity index (χ1n) is 5.96. The quantitative estimate of drug-likeness (QED) is 0.908. The van der Waals surface area contributed by atoms with Gasteiger partial charge in [-0.1, -0.05) is 29.3 Å². The molecule has 0 aromatic heterocycles. The molecule has 4 nitrogen and oxygen atoms in total. The molecule has 104 valence electrons. The zero-order valence-corrected chi connectivity index (χ0v) is 11.9. The lowest BCUT2D eigenvalue weighted by molar-refractivity contribution is 0.102. The average molecular weight is 292 g/mol. The highest BCUT2D eigenvalue weighted by atomic mass is 35.5. The van der Waals surface area contributed by atoms with Gasteiger partial charge in [0.05, 0.1) is 12.1 Å². The normalized spacial score (nSPS) is 10.2. The molecular weight excluding hydrogens is 278 g/mol. The molecule has 0 heterocycles. The van der Waals surface area contributed by atoms with Crippen molar-refractivity contribution in [2.45, 2.75) is 6.92 Å². The molecule has 0 bridgehead atoms. The number of ether oxygens (including phenoxy) is 1. The van der Waals surface area contributed by atoms with E-state index in [0.717, 1.165) is 5.56 Å². The Bertz CT molecular complexity index is 638. The maximum absolute atomic E-state index is 12.1. The molecule has 2 aromatic carbocycles. The van der Waals surface area contributed by atoms with Gasteiger partial charge >= 0.3 is 0 Å². The number of aryl methyl sites for hydroxylation is 1. The van der Waals surface area contributed by atoms with Crippen LogP contribution in [0.5, 0.6) is 11.5 Å². The number of rotatable bonds is 3. The Morgan fingerprint density at radius 1 is 1.25 bits per heavy atom. The van der Waals surface area contributed by atoms with E-state index in [2.05, 4.69) is 5.32 Å². The summed E-state index contributed by atoms with van der Waals surface area (Å²) in [5, 5.41) is 12.5. The van der Waals surface area contributed by atoms with Crippen molar-refractivity contribution in [2.75, 3.05) is 12.4 Å². The van der Waals surface area contributed by atoms with Crippen molar-refractivity contribution in [1.82, 2.24) is 0 Å². The number of anilines is 1. The van der Waals surface area contributed by atoms with E-state index >= 15 is 0 Å². The highest BCUT2D eigenvalue weighted by Gasteiger charge is 2.14. The van der Waals surface area contributed by atoms with Crippen LogP contribution in [0.1, 0.15) is 15.9 Å². The molecular formula is C15H14ClNO3. The molecule has 5 heteroatoms. The second kappa shape index (κ2) is 5.84.